The molecule has 0 bridgehead atoms. The molecule has 0 atom stereocenters. The first kappa shape index (κ1) is 22.1. The topological polar surface area (TPSA) is 66.5 Å². The normalized spacial score (nSPS) is 11.4. The SMILES string of the molecule is Cc1c(Cl)cccc1N(CCCC(=O)NCc1ccc2ccccc2c1)S(C)(=O)=O. The molecule has 0 saturated carbocycles. The smallest absolute Gasteiger partial charge is 0.232 e. The van der Waals surface area contributed by atoms with Gasteiger partial charge in [0.15, 0.2) is 0 Å². The highest BCUT2D eigenvalue weighted by molar-refractivity contribution is 7.92. The molecule has 0 saturated heterocycles. The summed E-state index contributed by atoms with van der Waals surface area (Å²) in [6.07, 6.45) is 1.80. The summed E-state index contributed by atoms with van der Waals surface area (Å²) in [7, 11) is -3.49. The maximum Gasteiger partial charge on any atom is 0.232 e. The molecule has 3 aromatic rings. The molecule has 0 heterocycles. The first-order valence-electron chi connectivity index (χ1n) is 9.73. The van der Waals surface area contributed by atoms with Crippen molar-refractivity contribution in [2.24, 2.45) is 0 Å². The second-order valence-corrected chi connectivity index (χ2v) is 9.59. The van der Waals surface area contributed by atoms with E-state index in [4.69, 9.17) is 11.6 Å². The van der Waals surface area contributed by atoms with E-state index < -0.39 is 10.0 Å². The molecule has 7 heteroatoms. The lowest BCUT2D eigenvalue weighted by Gasteiger charge is -2.24. The maximum absolute atomic E-state index is 12.3. The van der Waals surface area contributed by atoms with Crippen LogP contribution in [-0.4, -0.2) is 27.1 Å². The first-order chi connectivity index (χ1) is 14.3. The predicted molar refractivity (Wildman–Crippen MR) is 123 cm³/mol. The number of benzene rings is 3. The fourth-order valence-electron chi connectivity index (χ4n) is 3.35. The van der Waals surface area contributed by atoms with Crippen LogP contribution < -0.4 is 9.62 Å². The van der Waals surface area contributed by atoms with Crippen molar-refractivity contribution in [3.05, 3.63) is 76.8 Å². The minimum Gasteiger partial charge on any atom is -0.352 e. The minimum absolute atomic E-state index is 0.112. The monoisotopic (exact) mass is 444 g/mol. The molecule has 5 nitrogen and oxygen atoms in total. The van der Waals surface area contributed by atoms with Crippen LogP contribution in [0.1, 0.15) is 24.0 Å². The summed E-state index contributed by atoms with van der Waals surface area (Å²) >= 11 is 6.14. The lowest BCUT2D eigenvalue weighted by molar-refractivity contribution is -0.121. The van der Waals surface area contributed by atoms with Crippen LogP contribution in [0.2, 0.25) is 5.02 Å². The molecule has 1 amide bonds. The van der Waals surface area contributed by atoms with E-state index in [9.17, 15) is 13.2 Å². The molecule has 30 heavy (non-hydrogen) atoms. The molecular formula is C23H25ClN2O3S. The molecule has 0 unspecified atom stereocenters. The van der Waals surface area contributed by atoms with Gasteiger partial charge in [-0.15, -0.1) is 0 Å². The van der Waals surface area contributed by atoms with Gasteiger partial charge in [-0.05, 0) is 53.4 Å². The van der Waals surface area contributed by atoms with E-state index in [1.807, 2.05) is 36.4 Å². The van der Waals surface area contributed by atoms with Gasteiger partial charge in [0.2, 0.25) is 15.9 Å². The van der Waals surface area contributed by atoms with Gasteiger partial charge in [-0.2, -0.15) is 0 Å². The molecule has 0 aliphatic carbocycles. The van der Waals surface area contributed by atoms with Crippen molar-refractivity contribution in [1.82, 2.24) is 5.32 Å². The largest absolute Gasteiger partial charge is 0.352 e. The van der Waals surface area contributed by atoms with Crippen molar-refractivity contribution in [3.63, 3.8) is 0 Å². The standard InChI is InChI=1S/C23H25ClN2O3S/c1-17-21(24)9-5-10-22(17)26(30(2,28)29)14-6-11-23(27)25-16-18-12-13-19-7-3-4-8-20(19)15-18/h3-5,7-10,12-13,15H,6,11,14,16H2,1-2H3,(H,25,27). The van der Waals surface area contributed by atoms with Crippen molar-refractivity contribution in [2.45, 2.75) is 26.3 Å². The van der Waals surface area contributed by atoms with Crippen LogP contribution in [0.25, 0.3) is 10.8 Å². The Hall–Kier alpha value is -2.57. The fraction of sp³-hybridized carbons (Fsp3) is 0.261. The van der Waals surface area contributed by atoms with Crippen LogP contribution >= 0.6 is 11.6 Å². The van der Waals surface area contributed by atoms with Crippen LogP contribution in [0, 0.1) is 6.92 Å². The average Bonchev–Trinajstić information content (AvgIpc) is 2.71. The van der Waals surface area contributed by atoms with Crippen LogP contribution in [0.15, 0.2) is 60.7 Å². The Bertz CT molecular complexity index is 1160. The van der Waals surface area contributed by atoms with Crippen molar-refractivity contribution in [3.8, 4) is 0 Å². The summed E-state index contributed by atoms with van der Waals surface area (Å²) in [6.45, 7) is 2.43. The average molecular weight is 445 g/mol. The molecule has 3 aromatic carbocycles. The summed E-state index contributed by atoms with van der Waals surface area (Å²) < 4.78 is 25.9. The van der Waals surface area contributed by atoms with Crippen molar-refractivity contribution < 1.29 is 13.2 Å². The van der Waals surface area contributed by atoms with Gasteiger partial charge in [0.1, 0.15) is 0 Å². The second kappa shape index (κ2) is 9.49. The third-order valence-corrected chi connectivity index (χ3v) is 6.57. The number of carbonyl (C=O) groups is 1. The van der Waals surface area contributed by atoms with Gasteiger partial charge in [-0.1, -0.05) is 54.1 Å². The molecule has 1 N–H and O–H groups in total. The third-order valence-electron chi connectivity index (χ3n) is 4.98. The number of fused-ring (bicyclic) bond motifs is 1. The molecule has 158 valence electrons. The van der Waals surface area contributed by atoms with Crippen molar-refractivity contribution in [1.29, 1.82) is 0 Å². The number of hydrogen-bond donors (Lipinski definition) is 1. The molecular weight excluding hydrogens is 420 g/mol. The summed E-state index contributed by atoms with van der Waals surface area (Å²) in [5, 5.41) is 5.70. The second-order valence-electron chi connectivity index (χ2n) is 7.28. The Labute approximate surface area is 182 Å². The molecule has 3 rings (SSSR count). The number of halogens is 1. The molecule has 0 aromatic heterocycles. The van der Waals surface area contributed by atoms with Gasteiger partial charge in [-0.25, -0.2) is 8.42 Å². The van der Waals surface area contributed by atoms with Crippen molar-refractivity contribution in [2.75, 3.05) is 17.1 Å². The molecule has 0 aliphatic rings. The van der Waals surface area contributed by atoms with Gasteiger partial charge >= 0.3 is 0 Å². The van der Waals surface area contributed by atoms with E-state index >= 15 is 0 Å². The van der Waals surface area contributed by atoms with E-state index in [-0.39, 0.29) is 18.9 Å². The van der Waals surface area contributed by atoms with Gasteiger partial charge in [0, 0.05) is 24.5 Å². The number of sulfonamides is 1. The van der Waals surface area contributed by atoms with E-state index in [0.717, 1.165) is 22.6 Å². The summed E-state index contributed by atoms with van der Waals surface area (Å²) in [5.41, 5.74) is 2.27. The number of hydrogen-bond acceptors (Lipinski definition) is 3. The molecule has 0 spiro atoms. The summed E-state index contributed by atoms with van der Waals surface area (Å²) in [4.78, 5) is 12.3. The Morgan fingerprint density at radius 3 is 2.50 bits per heavy atom. The van der Waals surface area contributed by atoms with Gasteiger partial charge in [-0.3, -0.25) is 9.10 Å². The molecule has 0 aliphatic heterocycles. The number of rotatable bonds is 8. The predicted octanol–water partition coefficient (Wildman–Crippen LogP) is 4.66. The minimum atomic E-state index is -3.49. The van der Waals surface area contributed by atoms with E-state index in [1.165, 1.54) is 4.31 Å². The third kappa shape index (κ3) is 5.52. The number of amides is 1. The van der Waals surface area contributed by atoms with Crippen LogP contribution in [-0.2, 0) is 21.4 Å². The molecule has 0 radical (unpaired) electrons. The zero-order valence-corrected chi connectivity index (χ0v) is 18.6. The maximum atomic E-state index is 12.3. The number of anilines is 1. The summed E-state index contributed by atoms with van der Waals surface area (Å²) in [6, 6.07) is 19.3. The number of nitrogens with one attached hydrogen (secondary N) is 1. The highest BCUT2D eigenvalue weighted by atomic mass is 35.5. The highest BCUT2D eigenvalue weighted by Crippen LogP contribution is 2.28. The lowest BCUT2D eigenvalue weighted by Crippen LogP contribution is -2.32. The summed E-state index contributed by atoms with van der Waals surface area (Å²) in [5.74, 6) is -0.112. The lowest BCUT2D eigenvalue weighted by atomic mass is 10.1. The Kier molecular flexibility index (Phi) is 7.00. The van der Waals surface area contributed by atoms with Crippen LogP contribution in [0.3, 0.4) is 0 Å². The fourth-order valence-corrected chi connectivity index (χ4v) is 4.54. The van der Waals surface area contributed by atoms with E-state index in [0.29, 0.717) is 29.2 Å². The Balaban J connectivity index is 1.57. The quantitative estimate of drug-likeness (QED) is 0.549. The van der Waals surface area contributed by atoms with Crippen molar-refractivity contribution >= 4 is 44.0 Å². The van der Waals surface area contributed by atoms with Gasteiger partial charge in [0.05, 0.1) is 11.9 Å². The number of nitrogens with zero attached hydrogens (tertiary/aromatic N) is 1. The van der Waals surface area contributed by atoms with E-state index in [2.05, 4.69) is 11.4 Å². The van der Waals surface area contributed by atoms with Crippen LogP contribution in [0.5, 0.6) is 0 Å². The zero-order chi connectivity index (χ0) is 21.7. The van der Waals surface area contributed by atoms with Gasteiger partial charge in [0.25, 0.3) is 0 Å². The Morgan fingerprint density at radius 2 is 1.77 bits per heavy atom. The van der Waals surface area contributed by atoms with Crippen LogP contribution in [0.4, 0.5) is 5.69 Å². The Morgan fingerprint density at radius 1 is 1.03 bits per heavy atom. The zero-order valence-electron chi connectivity index (χ0n) is 17.1. The van der Waals surface area contributed by atoms with Gasteiger partial charge < -0.3 is 5.32 Å². The first-order valence-corrected chi connectivity index (χ1v) is 12.0. The number of carbonyl (C=O) groups excluding carboxylic acids is 1. The van der Waals surface area contributed by atoms with E-state index in [1.54, 1.807) is 25.1 Å². The highest BCUT2D eigenvalue weighted by Gasteiger charge is 2.20. The molecule has 0 fully saturated rings.